The predicted molar refractivity (Wildman–Crippen MR) is 77.7 cm³/mol. The predicted octanol–water partition coefficient (Wildman–Crippen LogP) is 3.39. The van der Waals surface area contributed by atoms with E-state index >= 15 is 0 Å². The second-order valence-corrected chi connectivity index (χ2v) is 5.68. The normalized spacial score (nSPS) is 12.7. The maximum Gasteiger partial charge on any atom is 0.0540 e. The van der Waals surface area contributed by atoms with Crippen molar-refractivity contribution in [3.05, 3.63) is 50.7 Å². The van der Waals surface area contributed by atoms with Gasteiger partial charge in [-0.3, -0.25) is 4.68 Å². The van der Waals surface area contributed by atoms with E-state index in [-0.39, 0.29) is 6.04 Å². The molecule has 0 saturated carbocycles. The van der Waals surface area contributed by atoms with E-state index in [0.717, 1.165) is 26.3 Å². The lowest BCUT2D eigenvalue weighted by Gasteiger charge is -2.12. The highest BCUT2D eigenvalue weighted by Crippen LogP contribution is 2.26. The average Bonchev–Trinajstić information content (AvgIpc) is 2.64. The third kappa shape index (κ3) is 2.76. The van der Waals surface area contributed by atoms with Crippen molar-refractivity contribution in [2.45, 2.75) is 19.4 Å². The SMILES string of the molecule is Cc1c(C(N)Cc2ccc(Br)cc2Cl)cnn1C. The molecule has 1 aromatic carbocycles. The summed E-state index contributed by atoms with van der Waals surface area (Å²) in [6, 6.07) is 5.78. The van der Waals surface area contributed by atoms with Gasteiger partial charge in [0.2, 0.25) is 0 Å². The second kappa shape index (κ2) is 5.43. The van der Waals surface area contributed by atoms with Gasteiger partial charge in [0.1, 0.15) is 0 Å². The molecule has 1 aromatic heterocycles. The van der Waals surface area contributed by atoms with Crippen molar-refractivity contribution >= 4 is 27.5 Å². The van der Waals surface area contributed by atoms with Gasteiger partial charge >= 0.3 is 0 Å². The van der Waals surface area contributed by atoms with Crippen molar-refractivity contribution < 1.29 is 0 Å². The third-order valence-corrected chi connectivity index (χ3v) is 3.97. The summed E-state index contributed by atoms with van der Waals surface area (Å²) in [6.45, 7) is 2.02. The van der Waals surface area contributed by atoms with Crippen molar-refractivity contribution in [2.24, 2.45) is 12.8 Å². The first kappa shape index (κ1) is 13.6. The van der Waals surface area contributed by atoms with E-state index in [0.29, 0.717) is 6.42 Å². The summed E-state index contributed by atoms with van der Waals surface area (Å²) in [7, 11) is 1.91. The molecule has 2 aromatic rings. The lowest BCUT2D eigenvalue weighted by molar-refractivity contribution is 0.700. The van der Waals surface area contributed by atoms with Crippen LogP contribution in [0, 0.1) is 6.92 Å². The molecule has 1 atom stereocenters. The number of nitrogens with two attached hydrogens (primary N) is 1. The molecule has 0 aliphatic rings. The number of rotatable bonds is 3. The van der Waals surface area contributed by atoms with E-state index in [1.54, 1.807) is 0 Å². The van der Waals surface area contributed by atoms with Crippen LogP contribution in [0.1, 0.15) is 22.9 Å². The molecule has 0 radical (unpaired) electrons. The number of nitrogens with zero attached hydrogens (tertiary/aromatic N) is 2. The Kier molecular flexibility index (Phi) is 4.10. The van der Waals surface area contributed by atoms with Gasteiger partial charge in [-0.25, -0.2) is 0 Å². The molecule has 18 heavy (non-hydrogen) atoms. The number of aromatic nitrogens is 2. The van der Waals surface area contributed by atoms with Crippen molar-refractivity contribution in [2.75, 3.05) is 0 Å². The molecule has 1 unspecified atom stereocenters. The summed E-state index contributed by atoms with van der Waals surface area (Å²) in [5.74, 6) is 0. The molecule has 0 saturated heterocycles. The molecular formula is C13H15BrClN3. The Bertz CT molecular complexity index is 565. The third-order valence-electron chi connectivity index (χ3n) is 3.13. The molecule has 5 heteroatoms. The molecule has 1 heterocycles. The quantitative estimate of drug-likeness (QED) is 0.938. The van der Waals surface area contributed by atoms with Gasteiger partial charge in [-0.15, -0.1) is 0 Å². The van der Waals surface area contributed by atoms with Crippen LogP contribution in [0.4, 0.5) is 0 Å². The van der Waals surface area contributed by atoms with Crippen molar-refractivity contribution in [1.29, 1.82) is 0 Å². The summed E-state index contributed by atoms with van der Waals surface area (Å²) in [5.41, 5.74) is 9.44. The standard InChI is InChI=1S/C13H15BrClN3/c1-8-11(7-17-18(8)2)13(16)5-9-3-4-10(14)6-12(9)15/h3-4,6-7,13H,5,16H2,1-2H3. The maximum absolute atomic E-state index is 6.22. The van der Waals surface area contributed by atoms with E-state index < -0.39 is 0 Å². The summed E-state index contributed by atoms with van der Waals surface area (Å²) in [5, 5.41) is 4.95. The number of aryl methyl sites for hydroxylation is 1. The van der Waals surface area contributed by atoms with Crippen molar-refractivity contribution in [3.8, 4) is 0 Å². The number of benzene rings is 1. The minimum atomic E-state index is -0.0858. The molecule has 3 nitrogen and oxygen atoms in total. The molecule has 0 aliphatic carbocycles. The van der Waals surface area contributed by atoms with Crippen LogP contribution in [-0.2, 0) is 13.5 Å². The van der Waals surface area contributed by atoms with E-state index in [4.69, 9.17) is 17.3 Å². The Morgan fingerprint density at radius 1 is 1.50 bits per heavy atom. The van der Waals surface area contributed by atoms with Crippen LogP contribution >= 0.6 is 27.5 Å². The fourth-order valence-electron chi connectivity index (χ4n) is 1.91. The zero-order valence-electron chi connectivity index (χ0n) is 10.3. The minimum absolute atomic E-state index is 0.0858. The molecule has 0 amide bonds. The lowest BCUT2D eigenvalue weighted by Crippen LogP contribution is -2.14. The lowest BCUT2D eigenvalue weighted by atomic mass is 10.0. The second-order valence-electron chi connectivity index (χ2n) is 4.36. The van der Waals surface area contributed by atoms with Crippen LogP contribution in [0.5, 0.6) is 0 Å². The van der Waals surface area contributed by atoms with Crippen LogP contribution < -0.4 is 5.73 Å². The molecule has 0 bridgehead atoms. The first-order valence-corrected chi connectivity index (χ1v) is 6.84. The molecule has 0 aliphatic heterocycles. The number of halogens is 2. The van der Waals surface area contributed by atoms with E-state index in [1.807, 2.05) is 43.0 Å². The Labute approximate surface area is 120 Å². The van der Waals surface area contributed by atoms with Gasteiger partial charge in [0.15, 0.2) is 0 Å². The average molecular weight is 329 g/mol. The fourth-order valence-corrected chi connectivity index (χ4v) is 2.66. The van der Waals surface area contributed by atoms with Gasteiger partial charge in [0, 0.05) is 33.8 Å². The van der Waals surface area contributed by atoms with Gasteiger partial charge in [0.25, 0.3) is 0 Å². The molecule has 2 rings (SSSR count). The van der Waals surface area contributed by atoms with Crippen molar-refractivity contribution in [1.82, 2.24) is 9.78 Å². The summed E-state index contributed by atoms with van der Waals surface area (Å²) < 4.78 is 2.81. The summed E-state index contributed by atoms with van der Waals surface area (Å²) >= 11 is 9.59. The highest BCUT2D eigenvalue weighted by Gasteiger charge is 2.14. The monoisotopic (exact) mass is 327 g/mol. The van der Waals surface area contributed by atoms with Gasteiger partial charge in [-0.05, 0) is 31.0 Å². The molecular weight excluding hydrogens is 314 g/mol. The minimum Gasteiger partial charge on any atom is -0.324 e. The van der Waals surface area contributed by atoms with Gasteiger partial charge in [-0.2, -0.15) is 5.10 Å². The van der Waals surface area contributed by atoms with Crippen LogP contribution in [0.3, 0.4) is 0 Å². The van der Waals surface area contributed by atoms with Gasteiger partial charge in [0.05, 0.1) is 6.20 Å². The fraction of sp³-hybridized carbons (Fsp3) is 0.308. The summed E-state index contributed by atoms with van der Waals surface area (Å²) in [4.78, 5) is 0. The Morgan fingerprint density at radius 3 is 2.78 bits per heavy atom. The van der Waals surface area contributed by atoms with Crippen LogP contribution in [0.15, 0.2) is 28.9 Å². The largest absolute Gasteiger partial charge is 0.324 e. The highest BCUT2D eigenvalue weighted by atomic mass is 79.9. The van der Waals surface area contributed by atoms with Crippen LogP contribution in [0.25, 0.3) is 0 Å². The van der Waals surface area contributed by atoms with E-state index in [9.17, 15) is 0 Å². The number of hydrogen-bond donors (Lipinski definition) is 1. The molecule has 0 spiro atoms. The zero-order valence-corrected chi connectivity index (χ0v) is 12.7. The van der Waals surface area contributed by atoms with Gasteiger partial charge < -0.3 is 5.73 Å². The zero-order chi connectivity index (χ0) is 13.3. The maximum atomic E-state index is 6.22. The Balaban J connectivity index is 2.21. The van der Waals surface area contributed by atoms with Gasteiger partial charge in [-0.1, -0.05) is 33.6 Å². The van der Waals surface area contributed by atoms with Crippen LogP contribution in [0.2, 0.25) is 5.02 Å². The highest BCUT2D eigenvalue weighted by molar-refractivity contribution is 9.10. The number of hydrogen-bond acceptors (Lipinski definition) is 2. The smallest absolute Gasteiger partial charge is 0.0540 e. The first-order chi connectivity index (χ1) is 8.49. The first-order valence-electron chi connectivity index (χ1n) is 5.67. The topological polar surface area (TPSA) is 43.8 Å². The van der Waals surface area contributed by atoms with E-state index in [1.165, 1.54) is 0 Å². The van der Waals surface area contributed by atoms with E-state index in [2.05, 4.69) is 21.0 Å². The molecule has 0 fully saturated rings. The van der Waals surface area contributed by atoms with Crippen LogP contribution in [-0.4, -0.2) is 9.78 Å². The molecule has 96 valence electrons. The Morgan fingerprint density at radius 2 is 2.22 bits per heavy atom. The Hall–Kier alpha value is -0.840. The summed E-state index contributed by atoms with van der Waals surface area (Å²) in [6.07, 6.45) is 2.53. The molecule has 2 N–H and O–H groups in total. The van der Waals surface area contributed by atoms with Crippen molar-refractivity contribution in [3.63, 3.8) is 0 Å².